The molecule has 0 aliphatic rings. The van der Waals surface area contributed by atoms with Gasteiger partial charge in [-0.1, -0.05) is 103 Å². The minimum absolute atomic E-state index is 0.183. The van der Waals surface area contributed by atoms with Gasteiger partial charge in [-0.2, -0.15) is 0 Å². The molecule has 4 heteroatoms. The number of fused-ring (bicyclic) bond motifs is 1. The van der Waals surface area contributed by atoms with E-state index in [9.17, 15) is 9.90 Å². The Bertz CT molecular complexity index is 798. The molecule has 2 rings (SSSR count). The number of carbonyl (C=O) groups is 1. The summed E-state index contributed by atoms with van der Waals surface area (Å²) in [6.07, 6.45) is 27.4. The van der Waals surface area contributed by atoms with Gasteiger partial charge >= 0.3 is 0 Å². The van der Waals surface area contributed by atoms with Gasteiger partial charge in [0.1, 0.15) is 5.75 Å². The van der Waals surface area contributed by atoms with Crippen molar-refractivity contribution in [2.75, 3.05) is 6.54 Å². The molecule has 0 saturated heterocycles. The lowest BCUT2D eigenvalue weighted by molar-refractivity contribution is -0.121. The summed E-state index contributed by atoms with van der Waals surface area (Å²) in [5.74, 6) is 0.481. The second kappa shape index (κ2) is 19.2. The number of unbranched alkanes of at least 4 members (excludes halogenated alkanes) is 16. The molecule has 4 nitrogen and oxygen atoms in total. The maximum atomic E-state index is 12.1. The van der Waals surface area contributed by atoms with E-state index in [1.54, 1.807) is 6.07 Å². The minimum atomic E-state index is 0.183. The summed E-state index contributed by atoms with van der Waals surface area (Å²) in [6, 6.07) is 5.42. The number of aryl methyl sites for hydroxylation is 1. The van der Waals surface area contributed by atoms with Crippen LogP contribution in [-0.4, -0.2) is 22.5 Å². The number of H-pyrrole nitrogens is 1. The number of hydrogen-bond donors (Lipinski definition) is 3. The van der Waals surface area contributed by atoms with Crippen LogP contribution < -0.4 is 5.32 Å². The van der Waals surface area contributed by atoms with E-state index < -0.39 is 0 Å². The van der Waals surface area contributed by atoms with Gasteiger partial charge < -0.3 is 15.4 Å². The Morgan fingerprint density at radius 2 is 1.34 bits per heavy atom. The molecule has 1 heterocycles. The average Bonchev–Trinajstić information content (AvgIpc) is 3.25. The molecule has 0 saturated carbocycles. The highest BCUT2D eigenvalue weighted by Gasteiger charge is 2.06. The maximum absolute atomic E-state index is 12.1. The number of amides is 1. The van der Waals surface area contributed by atoms with Crippen LogP contribution in [0.2, 0.25) is 0 Å². The highest BCUT2D eigenvalue weighted by molar-refractivity contribution is 5.84. The number of phenols is 1. The summed E-state index contributed by atoms with van der Waals surface area (Å²) in [7, 11) is 0. The molecular weight excluding hydrogens is 432 g/mol. The zero-order valence-corrected chi connectivity index (χ0v) is 22.5. The third-order valence-corrected chi connectivity index (χ3v) is 7.20. The first kappa shape index (κ1) is 29.3. The van der Waals surface area contributed by atoms with E-state index in [0.29, 0.717) is 12.2 Å². The van der Waals surface area contributed by atoms with E-state index in [4.69, 9.17) is 0 Å². The standard InChI is InChI=1S/C31H52N2O2/c1-2-3-4-5-6-7-8-9-10-11-12-13-14-15-16-19-24-32-31(35)21-18-17-20-27-26-33-30-23-22-28(34)25-29(27)30/h22-23,25-26,33-34H,2-21,24H2,1H3,(H,32,35). The fourth-order valence-electron chi connectivity index (χ4n) is 4.96. The fraction of sp³-hybridized carbons (Fsp3) is 0.710. The van der Waals surface area contributed by atoms with Crippen LogP contribution in [0.4, 0.5) is 0 Å². The third kappa shape index (κ3) is 13.6. The van der Waals surface area contributed by atoms with Crippen molar-refractivity contribution in [2.45, 2.75) is 135 Å². The van der Waals surface area contributed by atoms with Crippen LogP contribution in [0.25, 0.3) is 10.9 Å². The van der Waals surface area contributed by atoms with Gasteiger partial charge in [-0.15, -0.1) is 0 Å². The monoisotopic (exact) mass is 484 g/mol. The van der Waals surface area contributed by atoms with Crippen LogP contribution in [0.15, 0.2) is 24.4 Å². The SMILES string of the molecule is CCCCCCCCCCCCCCCCCCNC(=O)CCCCc1c[nH]c2ccc(O)cc12. The Hall–Kier alpha value is -1.97. The molecule has 0 spiro atoms. The lowest BCUT2D eigenvalue weighted by Gasteiger charge is -2.06. The topological polar surface area (TPSA) is 65.1 Å². The molecule has 0 radical (unpaired) electrons. The van der Waals surface area contributed by atoms with Gasteiger partial charge in [-0.3, -0.25) is 4.79 Å². The minimum Gasteiger partial charge on any atom is -0.508 e. The van der Waals surface area contributed by atoms with Crippen LogP contribution in [0, 0.1) is 0 Å². The number of aromatic amines is 1. The van der Waals surface area contributed by atoms with Crippen LogP contribution in [-0.2, 0) is 11.2 Å². The van der Waals surface area contributed by atoms with Crippen LogP contribution in [0.3, 0.4) is 0 Å². The predicted octanol–water partition coefficient (Wildman–Crippen LogP) is 8.96. The third-order valence-electron chi connectivity index (χ3n) is 7.20. The quantitative estimate of drug-likeness (QED) is 0.146. The predicted molar refractivity (Wildman–Crippen MR) is 150 cm³/mol. The highest BCUT2D eigenvalue weighted by atomic mass is 16.3. The van der Waals surface area contributed by atoms with E-state index in [-0.39, 0.29) is 5.91 Å². The summed E-state index contributed by atoms with van der Waals surface area (Å²) in [5, 5.41) is 13.9. The number of aromatic hydroxyl groups is 1. The number of nitrogens with one attached hydrogen (secondary N) is 2. The van der Waals surface area contributed by atoms with Crippen molar-refractivity contribution in [1.82, 2.24) is 10.3 Å². The maximum Gasteiger partial charge on any atom is 0.219 e. The molecule has 198 valence electrons. The molecule has 1 aromatic carbocycles. The molecular formula is C31H52N2O2. The second-order valence-electron chi connectivity index (χ2n) is 10.4. The molecule has 0 atom stereocenters. The Morgan fingerprint density at radius 3 is 1.94 bits per heavy atom. The largest absolute Gasteiger partial charge is 0.508 e. The molecule has 2 aromatic rings. The van der Waals surface area contributed by atoms with Gasteiger partial charge in [0.25, 0.3) is 0 Å². The number of carbonyl (C=O) groups excluding carboxylic acids is 1. The fourth-order valence-corrected chi connectivity index (χ4v) is 4.96. The molecule has 0 unspecified atom stereocenters. The molecule has 0 aliphatic carbocycles. The van der Waals surface area contributed by atoms with Crippen molar-refractivity contribution >= 4 is 16.8 Å². The molecule has 1 aromatic heterocycles. The van der Waals surface area contributed by atoms with Gasteiger partial charge in [0.2, 0.25) is 5.91 Å². The molecule has 0 fully saturated rings. The van der Waals surface area contributed by atoms with Crippen molar-refractivity contribution in [1.29, 1.82) is 0 Å². The number of benzene rings is 1. The van der Waals surface area contributed by atoms with Crippen molar-refractivity contribution in [3.63, 3.8) is 0 Å². The smallest absolute Gasteiger partial charge is 0.219 e. The van der Waals surface area contributed by atoms with E-state index in [1.807, 2.05) is 18.3 Å². The summed E-state index contributed by atoms with van der Waals surface area (Å²) < 4.78 is 0. The zero-order valence-electron chi connectivity index (χ0n) is 22.5. The normalized spacial score (nSPS) is 11.3. The van der Waals surface area contributed by atoms with Crippen molar-refractivity contribution in [3.8, 4) is 5.75 Å². The first-order valence-corrected chi connectivity index (χ1v) is 14.8. The number of aromatic nitrogens is 1. The molecule has 35 heavy (non-hydrogen) atoms. The number of phenolic OH excluding ortho intramolecular Hbond substituents is 1. The molecule has 1 amide bonds. The number of rotatable bonds is 22. The second-order valence-corrected chi connectivity index (χ2v) is 10.4. The first-order chi connectivity index (χ1) is 17.2. The van der Waals surface area contributed by atoms with Crippen molar-refractivity contribution in [2.24, 2.45) is 0 Å². The molecule has 3 N–H and O–H groups in total. The van der Waals surface area contributed by atoms with Crippen molar-refractivity contribution in [3.05, 3.63) is 30.0 Å². The van der Waals surface area contributed by atoms with Crippen molar-refractivity contribution < 1.29 is 9.90 Å². The summed E-state index contributed by atoms with van der Waals surface area (Å²) >= 11 is 0. The summed E-state index contributed by atoms with van der Waals surface area (Å²) in [6.45, 7) is 3.10. The van der Waals surface area contributed by atoms with E-state index in [2.05, 4.69) is 17.2 Å². The summed E-state index contributed by atoms with van der Waals surface area (Å²) in [5.41, 5.74) is 2.26. The van der Waals surface area contributed by atoms with E-state index in [1.165, 1.54) is 102 Å². The Balaban J connectivity index is 1.32. The van der Waals surface area contributed by atoms with Gasteiger partial charge in [0.05, 0.1) is 0 Å². The van der Waals surface area contributed by atoms with Gasteiger partial charge in [0, 0.05) is 30.1 Å². The zero-order chi connectivity index (χ0) is 25.0. The van der Waals surface area contributed by atoms with Crippen LogP contribution in [0.1, 0.15) is 134 Å². The lowest BCUT2D eigenvalue weighted by Crippen LogP contribution is -2.24. The Labute approximate surface area is 214 Å². The Kier molecular flexibility index (Phi) is 16.1. The number of hydrogen-bond acceptors (Lipinski definition) is 2. The Morgan fingerprint density at radius 1 is 0.771 bits per heavy atom. The van der Waals surface area contributed by atoms with Crippen LogP contribution in [0.5, 0.6) is 5.75 Å². The lowest BCUT2D eigenvalue weighted by atomic mass is 10.0. The highest BCUT2D eigenvalue weighted by Crippen LogP contribution is 2.24. The van der Waals surface area contributed by atoms with E-state index >= 15 is 0 Å². The first-order valence-electron chi connectivity index (χ1n) is 14.8. The van der Waals surface area contributed by atoms with Gasteiger partial charge in [-0.25, -0.2) is 0 Å². The van der Waals surface area contributed by atoms with Gasteiger partial charge in [-0.05, 0) is 49.4 Å². The average molecular weight is 485 g/mol. The molecule has 0 aliphatic heterocycles. The van der Waals surface area contributed by atoms with E-state index in [0.717, 1.165) is 43.1 Å². The summed E-state index contributed by atoms with van der Waals surface area (Å²) in [4.78, 5) is 15.3. The molecule has 0 bridgehead atoms. The van der Waals surface area contributed by atoms with Gasteiger partial charge in [0.15, 0.2) is 0 Å². The van der Waals surface area contributed by atoms with Crippen LogP contribution >= 0.6 is 0 Å².